The molecule has 0 bridgehead atoms. The number of piperazine rings is 1. The third-order valence-electron chi connectivity index (χ3n) is 4.91. The van der Waals surface area contributed by atoms with Crippen molar-refractivity contribution in [2.45, 2.75) is 6.18 Å². The third-order valence-corrected chi connectivity index (χ3v) is 4.91. The van der Waals surface area contributed by atoms with Crippen LogP contribution in [0.1, 0.15) is 5.69 Å². The lowest BCUT2D eigenvalue weighted by Gasteiger charge is -2.29. The largest absolute Gasteiger partial charge is 0.506 e. The summed E-state index contributed by atoms with van der Waals surface area (Å²) >= 11 is 0. The maximum atomic E-state index is 14.4. The summed E-state index contributed by atoms with van der Waals surface area (Å²) in [5.41, 5.74) is -4.03. The summed E-state index contributed by atoms with van der Waals surface area (Å²) in [6.45, 7) is 2.02. The number of nitrogens with one attached hydrogen (secondary N) is 1. The molecule has 0 radical (unpaired) electrons. The number of pyridine rings is 1. The summed E-state index contributed by atoms with van der Waals surface area (Å²) in [7, 11) is 1.26. The zero-order valence-electron chi connectivity index (χ0n) is 16.2. The van der Waals surface area contributed by atoms with Gasteiger partial charge in [-0.05, 0) is 18.2 Å². The minimum Gasteiger partial charge on any atom is -0.506 e. The molecule has 1 aliphatic rings. The Bertz CT molecular complexity index is 1190. The van der Waals surface area contributed by atoms with E-state index in [1.165, 1.54) is 7.11 Å². The van der Waals surface area contributed by atoms with E-state index in [9.17, 15) is 27.5 Å². The van der Waals surface area contributed by atoms with Crippen LogP contribution in [0.3, 0.4) is 0 Å². The lowest BCUT2D eigenvalue weighted by Crippen LogP contribution is -2.44. The van der Waals surface area contributed by atoms with Gasteiger partial charge in [0.25, 0.3) is 5.56 Å². The van der Waals surface area contributed by atoms with E-state index in [0.29, 0.717) is 32.2 Å². The minimum absolute atomic E-state index is 0.0843. The number of phenolic OH excluding ortho intramolecular Hbond substituents is 1. The number of rotatable bonds is 3. The van der Waals surface area contributed by atoms with Crippen LogP contribution in [0, 0.1) is 5.82 Å². The topological polar surface area (TPSA) is 92.5 Å². The van der Waals surface area contributed by atoms with E-state index in [1.54, 1.807) is 4.90 Å². The van der Waals surface area contributed by atoms with E-state index in [0.717, 1.165) is 18.2 Å². The number of ether oxygens (including phenoxy) is 1. The summed E-state index contributed by atoms with van der Waals surface area (Å²) in [6.07, 6.45) is -5.04. The molecule has 0 amide bonds. The van der Waals surface area contributed by atoms with Gasteiger partial charge < -0.3 is 20.1 Å². The van der Waals surface area contributed by atoms with Crippen molar-refractivity contribution in [1.29, 1.82) is 0 Å². The summed E-state index contributed by atoms with van der Waals surface area (Å²) in [6, 6.07) is 3.42. The highest BCUT2D eigenvalue weighted by atomic mass is 19.4. The molecule has 0 atom stereocenters. The van der Waals surface area contributed by atoms with Crippen LogP contribution < -0.4 is 20.5 Å². The smallest absolute Gasteiger partial charge is 0.431 e. The zero-order chi connectivity index (χ0) is 22.3. The molecule has 1 fully saturated rings. The molecule has 0 unspecified atom stereocenters. The second-order valence-corrected chi connectivity index (χ2v) is 6.81. The van der Waals surface area contributed by atoms with Crippen LogP contribution in [0.2, 0.25) is 0 Å². The Hall–Kier alpha value is -3.41. The Labute approximate surface area is 172 Å². The van der Waals surface area contributed by atoms with Gasteiger partial charge in [0.1, 0.15) is 28.5 Å². The average molecular weight is 439 g/mol. The van der Waals surface area contributed by atoms with Crippen molar-refractivity contribution >= 4 is 16.7 Å². The molecule has 0 aliphatic carbocycles. The van der Waals surface area contributed by atoms with Gasteiger partial charge in [0, 0.05) is 26.2 Å². The number of halogens is 4. The summed E-state index contributed by atoms with van der Waals surface area (Å²) in [5.74, 6) is -1.92. The number of alkyl halides is 3. The highest BCUT2D eigenvalue weighted by molar-refractivity contribution is 5.90. The van der Waals surface area contributed by atoms with Crippen molar-refractivity contribution in [1.82, 2.24) is 19.9 Å². The molecule has 12 heteroatoms. The van der Waals surface area contributed by atoms with Gasteiger partial charge in [-0.1, -0.05) is 6.07 Å². The fraction of sp³-hybridized carbons (Fsp3) is 0.316. The summed E-state index contributed by atoms with van der Waals surface area (Å²) in [5, 5.41) is 13.0. The predicted molar refractivity (Wildman–Crippen MR) is 103 cm³/mol. The van der Waals surface area contributed by atoms with E-state index in [-0.39, 0.29) is 21.8 Å². The Morgan fingerprint density at radius 3 is 2.52 bits per heavy atom. The molecule has 0 spiro atoms. The normalized spacial score (nSPS) is 14.8. The molecular weight excluding hydrogens is 422 g/mol. The van der Waals surface area contributed by atoms with Crippen molar-refractivity contribution in [3.05, 3.63) is 46.1 Å². The van der Waals surface area contributed by atoms with Gasteiger partial charge in [-0.25, -0.2) is 4.39 Å². The van der Waals surface area contributed by atoms with Crippen LogP contribution in [0.4, 0.5) is 23.4 Å². The van der Waals surface area contributed by atoms with E-state index in [1.807, 2.05) is 0 Å². The van der Waals surface area contributed by atoms with Crippen molar-refractivity contribution in [2.75, 3.05) is 38.2 Å². The summed E-state index contributed by atoms with van der Waals surface area (Å²) < 4.78 is 61.5. The first-order valence-electron chi connectivity index (χ1n) is 9.25. The predicted octanol–water partition coefficient (Wildman–Crippen LogP) is 2.06. The number of aromatic hydroxyl groups is 1. The van der Waals surface area contributed by atoms with Crippen LogP contribution in [0.5, 0.6) is 11.8 Å². The van der Waals surface area contributed by atoms with Crippen LogP contribution in [-0.4, -0.2) is 52.9 Å². The first-order valence-corrected chi connectivity index (χ1v) is 9.25. The molecule has 3 heterocycles. The number of anilines is 1. The molecule has 164 valence electrons. The number of methoxy groups -OCH3 is 1. The Balaban J connectivity index is 2.13. The van der Waals surface area contributed by atoms with Gasteiger partial charge in [0.2, 0.25) is 0 Å². The van der Waals surface area contributed by atoms with Crippen LogP contribution in [-0.2, 0) is 6.18 Å². The van der Waals surface area contributed by atoms with E-state index >= 15 is 0 Å². The summed E-state index contributed by atoms with van der Waals surface area (Å²) in [4.78, 5) is 23.0. The number of phenols is 1. The lowest BCUT2D eigenvalue weighted by molar-refractivity contribution is -0.142. The van der Waals surface area contributed by atoms with Crippen molar-refractivity contribution in [2.24, 2.45) is 0 Å². The Kier molecular flexibility index (Phi) is 5.17. The van der Waals surface area contributed by atoms with Gasteiger partial charge in [-0.3, -0.25) is 9.36 Å². The Morgan fingerprint density at radius 1 is 1.19 bits per heavy atom. The van der Waals surface area contributed by atoms with E-state index < -0.39 is 40.2 Å². The molecule has 1 saturated heterocycles. The van der Waals surface area contributed by atoms with Crippen molar-refractivity contribution < 1.29 is 27.4 Å². The molecule has 4 rings (SSSR count). The number of hydrogen-bond acceptors (Lipinski definition) is 7. The lowest BCUT2D eigenvalue weighted by atomic mass is 10.1. The monoisotopic (exact) mass is 439 g/mol. The first kappa shape index (κ1) is 20.8. The number of nitrogens with zero attached hydrogens (tertiary/aromatic N) is 4. The second-order valence-electron chi connectivity index (χ2n) is 6.81. The van der Waals surface area contributed by atoms with Gasteiger partial charge in [0.05, 0.1) is 12.5 Å². The maximum Gasteiger partial charge on any atom is 0.431 e. The molecule has 1 aliphatic heterocycles. The van der Waals surface area contributed by atoms with Crippen LogP contribution in [0.25, 0.3) is 16.6 Å². The SMILES string of the molecule is COc1nc(N2CCNCC2)c2cc(C(F)(F)F)n(-c3c(O)cccc3F)c(=O)c2n1. The number of benzene rings is 1. The van der Waals surface area contributed by atoms with Crippen LogP contribution >= 0.6 is 0 Å². The minimum atomic E-state index is -5.04. The molecule has 2 aromatic heterocycles. The van der Waals surface area contributed by atoms with Crippen molar-refractivity contribution in [3.63, 3.8) is 0 Å². The Morgan fingerprint density at radius 2 is 1.90 bits per heavy atom. The first-order chi connectivity index (χ1) is 14.7. The number of fused-ring (bicyclic) bond motifs is 1. The van der Waals surface area contributed by atoms with Gasteiger partial charge in [-0.15, -0.1) is 0 Å². The second kappa shape index (κ2) is 7.69. The van der Waals surface area contributed by atoms with E-state index in [2.05, 4.69) is 15.3 Å². The molecule has 31 heavy (non-hydrogen) atoms. The standard InChI is InChI=1S/C19H17F4N5O3/c1-31-18-25-14-10(16(26-18)27-7-5-24-6-8-27)9-13(19(21,22)23)28(17(14)30)15-11(20)3-2-4-12(15)29/h2-4,9,24,29H,5-8H2,1H3. The fourth-order valence-corrected chi connectivity index (χ4v) is 3.51. The molecular formula is C19H17F4N5O3. The van der Waals surface area contributed by atoms with Gasteiger partial charge in [-0.2, -0.15) is 23.1 Å². The number of hydrogen-bond donors (Lipinski definition) is 2. The third kappa shape index (κ3) is 3.63. The highest BCUT2D eigenvalue weighted by Gasteiger charge is 2.38. The highest BCUT2D eigenvalue weighted by Crippen LogP contribution is 2.36. The average Bonchev–Trinajstić information content (AvgIpc) is 2.74. The molecule has 3 aromatic rings. The maximum absolute atomic E-state index is 14.4. The number of para-hydroxylation sites is 1. The zero-order valence-corrected chi connectivity index (χ0v) is 16.2. The van der Waals surface area contributed by atoms with E-state index in [4.69, 9.17) is 4.74 Å². The van der Waals surface area contributed by atoms with Crippen LogP contribution in [0.15, 0.2) is 29.1 Å². The molecule has 8 nitrogen and oxygen atoms in total. The quantitative estimate of drug-likeness (QED) is 0.604. The molecule has 2 N–H and O–H groups in total. The fourth-order valence-electron chi connectivity index (χ4n) is 3.51. The van der Waals surface area contributed by atoms with Crippen molar-refractivity contribution in [3.8, 4) is 17.4 Å². The van der Waals surface area contributed by atoms with Gasteiger partial charge >= 0.3 is 12.2 Å². The number of aromatic nitrogens is 3. The van der Waals surface area contributed by atoms with Gasteiger partial charge in [0.15, 0.2) is 5.82 Å². The molecule has 0 saturated carbocycles. The molecule has 1 aromatic carbocycles.